The summed E-state index contributed by atoms with van der Waals surface area (Å²) in [5.74, 6) is 0. The summed E-state index contributed by atoms with van der Waals surface area (Å²) in [6, 6.07) is 4.35. The van der Waals surface area contributed by atoms with E-state index in [9.17, 15) is 0 Å². The molecule has 68 valence electrons. The van der Waals surface area contributed by atoms with Gasteiger partial charge in [-0.3, -0.25) is 0 Å². The summed E-state index contributed by atoms with van der Waals surface area (Å²) in [5.41, 5.74) is 5.11. The van der Waals surface area contributed by atoms with Crippen LogP contribution in [0, 0.1) is 13.8 Å². The number of hydrogen-bond donors (Lipinski definition) is 2. The average molecular weight is 174 g/mol. The quantitative estimate of drug-likeness (QED) is 0.701. The van der Waals surface area contributed by atoms with Crippen LogP contribution in [0.3, 0.4) is 0 Å². The first-order valence-corrected chi connectivity index (χ1v) is 4.52. The number of aryl methyl sites for hydroxylation is 2. The molecule has 2 aromatic rings. The van der Waals surface area contributed by atoms with E-state index in [2.05, 4.69) is 35.9 Å². The normalized spacial score (nSPS) is 10.6. The molecular formula is C11H14N2. The Morgan fingerprint density at radius 1 is 0.923 bits per heavy atom. The molecule has 0 unspecified atom stereocenters. The summed E-state index contributed by atoms with van der Waals surface area (Å²) in [6.45, 7) is 4.19. The van der Waals surface area contributed by atoms with E-state index in [1.54, 1.807) is 0 Å². The van der Waals surface area contributed by atoms with Crippen LogP contribution in [0.15, 0.2) is 24.5 Å². The fraction of sp³-hybridized carbons (Fsp3) is 0.273. The van der Waals surface area contributed by atoms with E-state index in [1.807, 2.05) is 12.4 Å². The number of rotatable bonds is 2. The molecule has 0 atom stereocenters. The Hall–Kier alpha value is -1.44. The van der Waals surface area contributed by atoms with Crippen molar-refractivity contribution in [1.29, 1.82) is 0 Å². The number of aromatic amines is 2. The number of H-pyrrole nitrogens is 2. The van der Waals surface area contributed by atoms with Crippen LogP contribution in [0.2, 0.25) is 0 Å². The van der Waals surface area contributed by atoms with Gasteiger partial charge in [-0.25, -0.2) is 0 Å². The summed E-state index contributed by atoms with van der Waals surface area (Å²) in [7, 11) is 0. The zero-order valence-electron chi connectivity index (χ0n) is 8.02. The minimum Gasteiger partial charge on any atom is -0.364 e. The van der Waals surface area contributed by atoms with Gasteiger partial charge in [0.25, 0.3) is 0 Å². The first-order chi connectivity index (χ1) is 6.24. The summed E-state index contributed by atoms with van der Waals surface area (Å²) in [5, 5.41) is 0. The van der Waals surface area contributed by atoms with Crippen LogP contribution >= 0.6 is 0 Å². The first-order valence-electron chi connectivity index (χ1n) is 4.52. The van der Waals surface area contributed by atoms with Gasteiger partial charge in [0, 0.05) is 30.2 Å². The van der Waals surface area contributed by atoms with Gasteiger partial charge in [0.15, 0.2) is 0 Å². The minimum atomic E-state index is 0.960. The van der Waals surface area contributed by atoms with Crippen molar-refractivity contribution >= 4 is 0 Å². The van der Waals surface area contributed by atoms with Gasteiger partial charge in [-0.05, 0) is 37.1 Å². The van der Waals surface area contributed by atoms with E-state index in [1.165, 1.54) is 22.5 Å². The molecule has 2 nitrogen and oxygen atoms in total. The maximum Gasteiger partial charge on any atom is 0.0278 e. The third-order valence-electron chi connectivity index (χ3n) is 2.16. The monoisotopic (exact) mass is 174 g/mol. The Balaban J connectivity index is 2.14. The molecule has 2 rings (SSSR count). The smallest absolute Gasteiger partial charge is 0.0278 e. The third kappa shape index (κ3) is 1.83. The largest absolute Gasteiger partial charge is 0.364 e. The van der Waals surface area contributed by atoms with Crippen LogP contribution in [0.25, 0.3) is 0 Å². The maximum atomic E-state index is 3.24. The van der Waals surface area contributed by atoms with Crippen LogP contribution in [0.5, 0.6) is 0 Å². The highest BCUT2D eigenvalue weighted by atomic mass is 14.7. The van der Waals surface area contributed by atoms with Crippen molar-refractivity contribution in [2.75, 3.05) is 0 Å². The molecule has 2 heterocycles. The Kier molecular flexibility index (Phi) is 1.97. The molecule has 0 bridgehead atoms. The van der Waals surface area contributed by atoms with Gasteiger partial charge in [0.05, 0.1) is 0 Å². The summed E-state index contributed by atoms with van der Waals surface area (Å²) in [6.07, 6.45) is 5.03. The van der Waals surface area contributed by atoms with Crippen LogP contribution in [0.1, 0.15) is 22.5 Å². The van der Waals surface area contributed by atoms with Crippen molar-refractivity contribution in [3.05, 3.63) is 47.0 Å². The Morgan fingerprint density at radius 2 is 1.38 bits per heavy atom. The van der Waals surface area contributed by atoms with Gasteiger partial charge in [0.2, 0.25) is 0 Å². The summed E-state index contributed by atoms with van der Waals surface area (Å²) < 4.78 is 0. The lowest BCUT2D eigenvalue weighted by Gasteiger charge is -1.93. The van der Waals surface area contributed by atoms with E-state index < -0.39 is 0 Å². The number of nitrogens with one attached hydrogen (secondary N) is 2. The van der Waals surface area contributed by atoms with E-state index in [4.69, 9.17) is 0 Å². The third-order valence-corrected chi connectivity index (χ3v) is 2.16. The van der Waals surface area contributed by atoms with Crippen molar-refractivity contribution in [2.45, 2.75) is 20.3 Å². The van der Waals surface area contributed by atoms with Gasteiger partial charge in [-0.15, -0.1) is 0 Å². The molecule has 0 saturated heterocycles. The molecule has 0 aliphatic heterocycles. The maximum absolute atomic E-state index is 3.24. The predicted octanol–water partition coefficient (Wildman–Crippen LogP) is 2.55. The minimum absolute atomic E-state index is 0.960. The second kappa shape index (κ2) is 3.13. The van der Waals surface area contributed by atoms with Crippen LogP contribution in [-0.4, -0.2) is 9.97 Å². The fourth-order valence-corrected chi connectivity index (χ4v) is 1.54. The van der Waals surface area contributed by atoms with Crippen molar-refractivity contribution in [3.63, 3.8) is 0 Å². The Morgan fingerprint density at radius 3 is 1.69 bits per heavy atom. The molecule has 0 amide bonds. The average Bonchev–Trinajstić information content (AvgIpc) is 2.62. The molecule has 0 fully saturated rings. The van der Waals surface area contributed by atoms with Gasteiger partial charge in [0.1, 0.15) is 0 Å². The molecule has 13 heavy (non-hydrogen) atoms. The second-order valence-electron chi connectivity index (χ2n) is 3.58. The lowest BCUT2D eigenvalue weighted by Crippen LogP contribution is -1.86. The van der Waals surface area contributed by atoms with Gasteiger partial charge in [-0.1, -0.05) is 0 Å². The standard InChI is InChI=1S/C11H14N2/c1-8-3-10(12-6-8)5-11-4-9(2)7-13-11/h3-4,6-7,12-13H,5H2,1-2H3. The molecule has 0 radical (unpaired) electrons. The van der Waals surface area contributed by atoms with E-state index in [0.717, 1.165) is 6.42 Å². The van der Waals surface area contributed by atoms with Crippen molar-refractivity contribution in [1.82, 2.24) is 9.97 Å². The van der Waals surface area contributed by atoms with Crippen LogP contribution < -0.4 is 0 Å². The molecule has 0 aliphatic rings. The van der Waals surface area contributed by atoms with Crippen LogP contribution in [-0.2, 0) is 6.42 Å². The summed E-state index contributed by atoms with van der Waals surface area (Å²) >= 11 is 0. The summed E-state index contributed by atoms with van der Waals surface area (Å²) in [4.78, 5) is 6.49. The number of hydrogen-bond acceptors (Lipinski definition) is 0. The molecule has 0 spiro atoms. The fourth-order valence-electron chi connectivity index (χ4n) is 1.54. The molecule has 0 saturated carbocycles. The van der Waals surface area contributed by atoms with Gasteiger partial charge >= 0.3 is 0 Å². The molecule has 2 heteroatoms. The van der Waals surface area contributed by atoms with Crippen molar-refractivity contribution in [3.8, 4) is 0 Å². The Bertz CT molecular complexity index is 357. The number of aromatic nitrogens is 2. The van der Waals surface area contributed by atoms with Gasteiger partial charge in [-0.2, -0.15) is 0 Å². The molecule has 2 N–H and O–H groups in total. The second-order valence-corrected chi connectivity index (χ2v) is 3.58. The van der Waals surface area contributed by atoms with E-state index >= 15 is 0 Å². The van der Waals surface area contributed by atoms with Gasteiger partial charge < -0.3 is 9.97 Å². The Labute approximate surface area is 78.0 Å². The van der Waals surface area contributed by atoms with Crippen molar-refractivity contribution in [2.24, 2.45) is 0 Å². The van der Waals surface area contributed by atoms with E-state index in [-0.39, 0.29) is 0 Å². The zero-order valence-corrected chi connectivity index (χ0v) is 8.02. The molecule has 0 aromatic carbocycles. The SMILES string of the molecule is Cc1c[nH]c(Cc2cc(C)c[nH]2)c1. The highest BCUT2D eigenvalue weighted by molar-refractivity contribution is 5.23. The molecule has 0 aliphatic carbocycles. The van der Waals surface area contributed by atoms with Crippen LogP contribution in [0.4, 0.5) is 0 Å². The van der Waals surface area contributed by atoms with E-state index in [0.29, 0.717) is 0 Å². The zero-order chi connectivity index (χ0) is 9.26. The highest BCUT2D eigenvalue weighted by Crippen LogP contribution is 2.09. The molecular weight excluding hydrogens is 160 g/mol. The lowest BCUT2D eigenvalue weighted by atomic mass is 10.2. The first kappa shape index (κ1) is 8.17. The predicted molar refractivity (Wildman–Crippen MR) is 53.9 cm³/mol. The lowest BCUT2D eigenvalue weighted by molar-refractivity contribution is 1.05. The van der Waals surface area contributed by atoms with Crippen molar-refractivity contribution < 1.29 is 0 Å². The molecule has 2 aromatic heterocycles. The topological polar surface area (TPSA) is 31.6 Å². The highest BCUT2D eigenvalue weighted by Gasteiger charge is 1.99.